The first-order valence-electron chi connectivity index (χ1n) is 8.72. The number of fused-ring (bicyclic) bond motifs is 1. The summed E-state index contributed by atoms with van der Waals surface area (Å²) in [5.41, 5.74) is -0.149. The Kier molecular flexibility index (Phi) is 5.07. The maximum atomic E-state index is 13.3. The molecule has 0 bridgehead atoms. The molecule has 140 valence electrons. The van der Waals surface area contributed by atoms with E-state index in [1.165, 1.54) is 7.11 Å². The monoisotopic (exact) mass is 363 g/mol. The molecule has 1 aliphatic rings. The van der Waals surface area contributed by atoms with Gasteiger partial charge in [-0.05, 0) is 44.7 Å². The lowest BCUT2D eigenvalue weighted by atomic mass is 9.74. The number of piperidine rings is 1. The molecule has 26 heavy (non-hydrogen) atoms. The van der Waals surface area contributed by atoms with E-state index in [1.807, 2.05) is 30.9 Å². The van der Waals surface area contributed by atoms with Crippen LogP contribution in [0.1, 0.15) is 38.9 Å². The van der Waals surface area contributed by atoms with Gasteiger partial charge in [-0.25, -0.2) is 18.7 Å². The largest absolute Gasteiger partial charge is 0.469 e. The number of carbonyl (C=O) groups is 1. The number of halogens is 2. The van der Waals surface area contributed by atoms with Gasteiger partial charge in [-0.2, -0.15) is 0 Å². The molecule has 0 amide bonds. The highest BCUT2D eigenvalue weighted by Crippen LogP contribution is 2.37. The average molecular weight is 363 g/mol. The summed E-state index contributed by atoms with van der Waals surface area (Å²) < 4.78 is 31.5. The second kappa shape index (κ2) is 7.13. The smallest absolute Gasteiger partial charge is 0.311 e. The number of hydrogen-bond acceptors (Lipinski definition) is 5. The number of anilines is 1. The maximum Gasteiger partial charge on any atom is 0.311 e. The van der Waals surface area contributed by atoms with Crippen molar-refractivity contribution in [1.82, 2.24) is 9.97 Å². The molecule has 1 aromatic carbocycles. The van der Waals surface area contributed by atoms with Gasteiger partial charge in [-0.15, -0.1) is 0 Å². The highest BCUT2D eigenvalue weighted by atomic mass is 19.3. The van der Waals surface area contributed by atoms with Gasteiger partial charge in [0.15, 0.2) is 5.82 Å². The van der Waals surface area contributed by atoms with Crippen molar-refractivity contribution in [2.24, 2.45) is 11.3 Å². The Hall–Kier alpha value is -2.31. The van der Waals surface area contributed by atoms with E-state index in [-0.39, 0.29) is 11.9 Å². The Morgan fingerprint density at radius 2 is 2.04 bits per heavy atom. The van der Waals surface area contributed by atoms with E-state index in [0.29, 0.717) is 24.4 Å². The summed E-state index contributed by atoms with van der Waals surface area (Å²) in [6, 6.07) is 7.17. The highest BCUT2D eigenvalue weighted by molar-refractivity contribution is 5.89. The minimum absolute atomic E-state index is 0.0485. The molecule has 1 saturated heterocycles. The molecular formula is C19H23F2N3O2. The maximum absolute atomic E-state index is 13.3. The van der Waals surface area contributed by atoms with Crippen LogP contribution in [-0.2, 0) is 9.53 Å². The summed E-state index contributed by atoms with van der Waals surface area (Å²) in [4.78, 5) is 22.3. The molecular weight excluding hydrogens is 340 g/mol. The highest BCUT2D eigenvalue weighted by Gasteiger charge is 2.40. The molecule has 1 fully saturated rings. The fourth-order valence-corrected chi connectivity index (χ4v) is 3.60. The van der Waals surface area contributed by atoms with E-state index in [1.54, 1.807) is 12.1 Å². The van der Waals surface area contributed by atoms with Crippen LogP contribution in [-0.4, -0.2) is 36.1 Å². The van der Waals surface area contributed by atoms with Gasteiger partial charge >= 0.3 is 5.97 Å². The van der Waals surface area contributed by atoms with Crippen LogP contribution in [0.3, 0.4) is 0 Å². The fourth-order valence-electron chi connectivity index (χ4n) is 3.60. The number of carbonyl (C=O) groups excluding carboxylic acids is 1. The average Bonchev–Trinajstić information content (AvgIpc) is 2.66. The van der Waals surface area contributed by atoms with E-state index < -0.39 is 17.7 Å². The Morgan fingerprint density at radius 1 is 1.31 bits per heavy atom. The zero-order valence-corrected chi connectivity index (χ0v) is 15.2. The van der Waals surface area contributed by atoms with E-state index in [4.69, 9.17) is 4.74 Å². The SMILES string of the molecule is COC(=O)C(C)(C)C1CCCN(c2nc(C(F)F)nc3ccccc23)C1. The first-order chi connectivity index (χ1) is 12.3. The van der Waals surface area contributed by atoms with Gasteiger partial charge in [0.2, 0.25) is 0 Å². The summed E-state index contributed by atoms with van der Waals surface area (Å²) in [5, 5.41) is 0.744. The summed E-state index contributed by atoms with van der Waals surface area (Å²) in [5.74, 6) is -0.165. The Labute approximate surface area is 151 Å². The Balaban J connectivity index is 1.99. The predicted molar refractivity (Wildman–Crippen MR) is 95.2 cm³/mol. The van der Waals surface area contributed by atoms with Crippen LogP contribution in [0.4, 0.5) is 14.6 Å². The first kappa shape index (κ1) is 18.5. The number of hydrogen-bond donors (Lipinski definition) is 0. The minimum atomic E-state index is -2.73. The molecule has 2 aromatic rings. The van der Waals surface area contributed by atoms with E-state index in [9.17, 15) is 13.6 Å². The molecule has 2 heterocycles. The number of rotatable bonds is 4. The summed E-state index contributed by atoms with van der Waals surface area (Å²) in [6.07, 6.45) is -0.998. The third-order valence-corrected chi connectivity index (χ3v) is 5.25. The van der Waals surface area contributed by atoms with Crippen molar-refractivity contribution in [3.8, 4) is 0 Å². The molecule has 1 unspecified atom stereocenters. The normalized spacial score (nSPS) is 18.4. The van der Waals surface area contributed by atoms with E-state index >= 15 is 0 Å². The minimum Gasteiger partial charge on any atom is -0.469 e. The molecule has 1 aliphatic heterocycles. The van der Waals surface area contributed by atoms with Crippen LogP contribution in [0.5, 0.6) is 0 Å². The van der Waals surface area contributed by atoms with Gasteiger partial charge in [0.1, 0.15) is 5.82 Å². The first-order valence-corrected chi connectivity index (χ1v) is 8.72. The van der Waals surface area contributed by atoms with Gasteiger partial charge in [-0.3, -0.25) is 4.79 Å². The summed E-state index contributed by atoms with van der Waals surface area (Å²) >= 11 is 0. The quantitative estimate of drug-likeness (QED) is 0.769. The van der Waals surface area contributed by atoms with Crippen molar-refractivity contribution >= 4 is 22.7 Å². The molecule has 0 radical (unpaired) electrons. The van der Waals surface area contributed by atoms with Crippen molar-refractivity contribution in [3.05, 3.63) is 30.1 Å². The number of methoxy groups -OCH3 is 1. The zero-order valence-electron chi connectivity index (χ0n) is 15.2. The van der Waals surface area contributed by atoms with E-state index in [2.05, 4.69) is 9.97 Å². The van der Waals surface area contributed by atoms with Crippen molar-refractivity contribution in [2.45, 2.75) is 33.1 Å². The number of ether oxygens (including phenoxy) is 1. The second-order valence-corrected chi connectivity index (χ2v) is 7.22. The molecule has 0 N–H and O–H groups in total. The third kappa shape index (κ3) is 3.34. The number of nitrogens with zero attached hydrogens (tertiary/aromatic N) is 3. The molecule has 0 aliphatic carbocycles. The summed E-state index contributed by atoms with van der Waals surface area (Å²) in [7, 11) is 1.39. The van der Waals surface area contributed by atoms with E-state index in [0.717, 1.165) is 18.2 Å². The molecule has 1 atom stereocenters. The predicted octanol–water partition coefficient (Wildman–Crippen LogP) is 3.98. The molecule has 7 heteroatoms. The Morgan fingerprint density at radius 3 is 2.73 bits per heavy atom. The van der Waals surface area contributed by atoms with Gasteiger partial charge < -0.3 is 9.64 Å². The fraction of sp³-hybridized carbons (Fsp3) is 0.526. The van der Waals surface area contributed by atoms with Crippen LogP contribution in [0.15, 0.2) is 24.3 Å². The third-order valence-electron chi connectivity index (χ3n) is 5.25. The van der Waals surface area contributed by atoms with Gasteiger partial charge in [0, 0.05) is 18.5 Å². The standard InChI is InChI=1S/C19H23F2N3O2/c1-19(2,18(25)26-3)12-7-6-10-24(11-12)17-13-8-4-5-9-14(13)22-16(23-17)15(20)21/h4-5,8-9,12,15H,6-7,10-11H2,1-3H3. The van der Waals surface area contributed by atoms with Crippen molar-refractivity contribution in [3.63, 3.8) is 0 Å². The van der Waals surface area contributed by atoms with Crippen molar-refractivity contribution in [2.75, 3.05) is 25.1 Å². The molecule has 5 nitrogen and oxygen atoms in total. The number of esters is 1. The Bertz CT molecular complexity index is 810. The molecule has 1 aromatic heterocycles. The molecule has 3 rings (SSSR count). The van der Waals surface area contributed by atoms with Gasteiger partial charge in [0.25, 0.3) is 6.43 Å². The van der Waals surface area contributed by atoms with Crippen LogP contribution >= 0.6 is 0 Å². The van der Waals surface area contributed by atoms with Crippen molar-refractivity contribution < 1.29 is 18.3 Å². The number of alkyl halides is 2. The number of para-hydroxylation sites is 1. The topological polar surface area (TPSA) is 55.3 Å². The van der Waals surface area contributed by atoms with Gasteiger partial charge in [-0.1, -0.05) is 12.1 Å². The van der Waals surface area contributed by atoms with Crippen LogP contribution in [0.25, 0.3) is 10.9 Å². The second-order valence-electron chi connectivity index (χ2n) is 7.22. The van der Waals surface area contributed by atoms with Gasteiger partial charge in [0.05, 0.1) is 18.0 Å². The molecule has 0 saturated carbocycles. The van der Waals surface area contributed by atoms with Crippen LogP contribution in [0, 0.1) is 11.3 Å². The molecule has 0 spiro atoms. The van der Waals surface area contributed by atoms with Crippen molar-refractivity contribution in [1.29, 1.82) is 0 Å². The number of aromatic nitrogens is 2. The van der Waals surface area contributed by atoms with Crippen LogP contribution < -0.4 is 4.90 Å². The summed E-state index contributed by atoms with van der Waals surface area (Å²) in [6.45, 7) is 5.01. The number of benzene rings is 1. The lowest BCUT2D eigenvalue weighted by molar-refractivity contribution is -0.154. The van der Waals surface area contributed by atoms with Crippen LogP contribution in [0.2, 0.25) is 0 Å². The lowest BCUT2D eigenvalue weighted by Crippen LogP contribution is -2.45. The lowest BCUT2D eigenvalue weighted by Gasteiger charge is -2.40. The zero-order chi connectivity index (χ0) is 18.9.